The van der Waals surface area contributed by atoms with Crippen LogP contribution in [0.4, 0.5) is 0 Å². The van der Waals surface area contributed by atoms with Gasteiger partial charge in [0.15, 0.2) is 10.8 Å². The maximum absolute atomic E-state index is 11.1. The molecule has 5 heteroatoms. The predicted octanol–water partition coefficient (Wildman–Crippen LogP) is 1.72. The van der Waals surface area contributed by atoms with Crippen LogP contribution in [-0.4, -0.2) is 22.6 Å². The summed E-state index contributed by atoms with van der Waals surface area (Å²) in [6.45, 7) is 0. The highest BCUT2D eigenvalue weighted by Gasteiger charge is 2.10. The zero-order valence-electron chi connectivity index (χ0n) is 7.51. The van der Waals surface area contributed by atoms with Crippen LogP contribution in [0.2, 0.25) is 0 Å². The summed E-state index contributed by atoms with van der Waals surface area (Å²) in [7, 11) is 1.34. The molecule has 0 radical (unpaired) electrons. The SMILES string of the molecule is COC(=O)c1csc(-n2cccc2)n1. The first-order valence-corrected chi connectivity index (χ1v) is 4.86. The number of hydrogen-bond donors (Lipinski definition) is 0. The largest absolute Gasteiger partial charge is 0.464 e. The lowest BCUT2D eigenvalue weighted by molar-refractivity contribution is 0.0595. The van der Waals surface area contributed by atoms with Crippen molar-refractivity contribution in [3.05, 3.63) is 35.6 Å². The number of nitrogens with zero attached hydrogens (tertiary/aromatic N) is 2. The van der Waals surface area contributed by atoms with Gasteiger partial charge in [-0.25, -0.2) is 9.78 Å². The molecular formula is C9H8N2O2S. The van der Waals surface area contributed by atoms with Gasteiger partial charge < -0.3 is 9.30 Å². The molecule has 0 bridgehead atoms. The van der Waals surface area contributed by atoms with E-state index in [0.717, 1.165) is 5.13 Å². The van der Waals surface area contributed by atoms with Crippen molar-refractivity contribution in [3.8, 4) is 5.13 Å². The Hall–Kier alpha value is -1.62. The minimum Gasteiger partial charge on any atom is -0.464 e. The average Bonchev–Trinajstić information content (AvgIpc) is 2.86. The molecule has 2 heterocycles. The molecule has 14 heavy (non-hydrogen) atoms. The quantitative estimate of drug-likeness (QED) is 0.706. The first kappa shape index (κ1) is 8.96. The Kier molecular flexibility index (Phi) is 2.32. The summed E-state index contributed by atoms with van der Waals surface area (Å²) in [6.07, 6.45) is 3.75. The van der Waals surface area contributed by atoms with Crippen LogP contribution in [-0.2, 0) is 4.74 Å². The number of aromatic nitrogens is 2. The van der Waals surface area contributed by atoms with Crippen LogP contribution in [0.3, 0.4) is 0 Å². The lowest BCUT2D eigenvalue weighted by atomic mass is 10.5. The van der Waals surface area contributed by atoms with E-state index in [4.69, 9.17) is 0 Å². The maximum atomic E-state index is 11.1. The van der Waals surface area contributed by atoms with Gasteiger partial charge in [0, 0.05) is 17.8 Å². The summed E-state index contributed by atoms with van der Waals surface area (Å²) in [6, 6.07) is 3.80. The molecule has 0 N–H and O–H groups in total. The third-order valence-corrected chi connectivity index (χ3v) is 2.57. The standard InChI is InChI=1S/C9H8N2O2S/c1-13-8(12)7-6-14-9(10-7)11-4-2-3-5-11/h2-6H,1H3. The van der Waals surface area contributed by atoms with Gasteiger partial charge in [0.05, 0.1) is 7.11 Å². The molecule has 0 saturated heterocycles. The third kappa shape index (κ3) is 1.54. The van der Waals surface area contributed by atoms with Gasteiger partial charge in [-0.15, -0.1) is 11.3 Å². The number of hydrogen-bond acceptors (Lipinski definition) is 4. The van der Waals surface area contributed by atoms with Crippen LogP contribution in [0.25, 0.3) is 5.13 Å². The van der Waals surface area contributed by atoms with Gasteiger partial charge in [-0.3, -0.25) is 0 Å². The van der Waals surface area contributed by atoms with Gasteiger partial charge in [0.1, 0.15) is 0 Å². The molecule has 72 valence electrons. The van der Waals surface area contributed by atoms with E-state index in [9.17, 15) is 4.79 Å². The number of carbonyl (C=O) groups excluding carboxylic acids is 1. The first-order valence-electron chi connectivity index (χ1n) is 3.98. The Balaban J connectivity index is 2.31. The van der Waals surface area contributed by atoms with E-state index < -0.39 is 5.97 Å². The summed E-state index contributed by atoms with van der Waals surface area (Å²) in [5.74, 6) is -0.403. The molecule has 2 rings (SSSR count). The second kappa shape index (κ2) is 3.63. The third-order valence-electron chi connectivity index (χ3n) is 1.71. The van der Waals surface area contributed by atoms with Gasteiger partial charge in [0.25, 0.3) is 0 Å². The summed E-state index contributed by atoms with van der Waals surface area (Å²) in [5.41, 5.74) is 0.348. The predicted molar refractivity (Wildman–Crippen MR) is 52.8 cm³/mol. The number of thiazole rings is 1. The second-order valence-corrected chi connectivity index (χ2v) is 3.43. The molecule has 0 spiro atoms. The van der Waals surface area contributed by atoms with Crippen LogP contribution >= 0.6 is 11.3 Å². The van der Waals surface area contributed by atoms with Crippen molar-refractivity contribution in [2.45, 2.75) is 0 Å². The van der Waals surface area contributed by atoms with Gasteiger partial charge in [-0.2, -0.15) is 0 Å². The summed E-state index contributed by atoms with van der Waals surface area (Å²) in [4.78, 5) is 15.2. The van der Waals surface area contributed by atoms with E-state index in [0.29, 0.717) is 5.69 Å². The average molecular weight is 208 g/mol. The number of carbonyl (C=O) groups is 1. The molecule has 0 aliphatic rings. The minimum atomic E-state index is -0.403. The number of rotatable bonds is 2. The Morgan fingerprint density at radius 1 is 1.50 bits per heavy atom. The maximum Gasteiger partial charge on any atom is 0.357 e. The van der Waals surface area contributed by atoms with Gasteiger partial charge in [0.2, 0.25) is 0 Å². The number of methoxy groups -OCH3 is 1. The van der Waals surface area contributed by atoms with Crippen molar-refractivity contribution < 1.29 is 9.53 Å². The Bertz CT molecular complexity index is 433. The fourth-order valence-electron chi connectivity index (χ4n) is 1.04. The van der Waals surface area contributed by atoms with Crippen molar-refractivity contribution in [1.29, 1.82) is 0 Å². The van der Waals surface area contributed by atoms with E-state index in [1.165, 1.54) is 18.4 Å². The molecule has 0 aliphatic heterocycles. The van der Waals surface area contributed by atoms with Crippen LogP contribution in [0.15, 0.2) is 29.9 Å². The Morgan fingerprint density at radius 2 is 2.21 bits per heavy atom. The molecule has 0 fully saturated rings. The minimum absolute atomic E-state index is 0.348. The fraction of sp³-hybridized carbons (Fsp3) is 0.111. The molecule has 0 amide bonds. The van der Waals surface area contributed by atoms with Crippen molar-refractivity contribution in [2.75, 3.05) is 7.11 Å². The zero-order chi connectivity index (χ0) is 9.97. The van der Waals surface area contributed by atoms with E-state index in [1.807, 2.05) is 29.1 Å². The van der Waals surface area contributed by atoms with Crippen molar-refractivity contribution >= 4 is 17.3 Å². The van der Waals surface area contributed by atoms with Crippen LogP contribution in [0.1, 0.15) is 10.5 Å². The molecule has 2 aromatic rings. The monoisotopic (exact) mass is 208 g/mol. The highest BCUT2D eigenvalue weighted by Crippen LogP contribution is 2.15. The Morgan fingerprint density at radius 3 is 2.86 bits per heavy atom. The van der Waals surface area contributed by atoms with Crippen molar-refractivity contribution in [1.82, 2.24) is 9.55 Å². The molecule has 4 nitrogen and oxygen atoms in total. The zero-order valence-corrected chi connectivity index (χ0v) is 8.32. The van der Waals surface area contributed by atoms with E-state index >= 15 is 0 Å². The fourth-order valence-corrected chi connectivity index (χ4v) is 1.80. The van der Waals surface area contributed by atoms with Gasteiger partial charge >= 0.3 is 5.97 Å². The number of esters is 1. The van der Waals surface area contributed by atoms with Crippen molar-refractivity contribution in [3.63, 3.8) is 0 Å². The van der Waals surface area contributed by atoms with E-state index in [2.05, 4.69) is 9.72 Å². The lowest BCUT2D eigenvalue weighted by Crippen LogP contribution is -2.01. The molecule has 0 aliphatic carbocycles. The second-order valence-electron chi connectivity index (χ2n) is 2.60. The summed E-state index contributed by atoms with van der Waals surface area (Å²) < 4.78 is 6.41. The molecular weight excluding hydrogens is 200 g/mol. The van der Waals surface area contributed by atoms with E-state index in [1.54, 1.807) is 5.38 Å². The molecule has 2 aromatic heterocycles. The van der Waals surface area contributed by atoms with Crippen LogP contribution < -0.4 is 0 Å². The van der Waals surface area contributed by atoms with Gasteiger partial charge in [-0.1, -0.05) is 0 Å². The first-order chi connectivity index (χ1) is 6.81. The topological polar surface area (TPSA) is 44.1 Å². The van der Waals surface area contributed by atoms with E-state index in [-0.39, 0.29) is 0 Å². The van der Waals surface area contributed by atoms with Gasteiger partial charge in [-0.05, 0) is 12.1 Å². The molecule has 0 saturated carbocycles. The van der Waals surface area contributed by atoms with Crippen molar-refractivity contribution in [2.24, 2.45) is 0 Å². The molecule has 0 atom stereocenters. The molecule has 0 aromatic carbocycles. The summed E-state index contributed by atoms with van der Waals surface area (Å²) in [5, 5.41) is 2.44. The van der Waals surface area contributed by atoms with Crippen LogP contribution in [0.5, 0.6) is 0 Å². The normalized spacial score (nSPS) is 10.1. The highest BCUT2D eigenvalue weighted by atomic mass is 32.1. The number of ether oxygens (including phenoxy) is 1. The summed E-state index contributed by atoms with van der Waals surface area (Å²) >= 11 is 1.40. The highest BCUT2D eigenvalue weighted by molar-refractivity contribution is 7.12. The Labute approximate surface area is 84.8 Å². The van der Waals surface area contributed by atoms with Crippen LogP contribution in [0, 0.1) is 0 Å². The lowest BCUT2D eigenvalue weighted by Gasteiger charge is -1.94. The molecule has 0 unspecified atom stereocenters. The smallest absolute Gasteiger partial charge is 0.357 e.